The van der Waals surface area contributed by atoms with Crippen molar-refractivity contribution in [2.75, 3.05) is 20.1 Å². The van der Waals surface area contributed by atoms with Crippen LogP contribution in [-0.2, 0) is 6.18 Å². The third-order valence-corrected chi connectivity index (χ3v) is 4.94. The van der Waals surface area contributed by atoms with Gasteiger partial charge in [0.05, 0.1) is 17.0 Å². The summed E-state index contributed by atoms with van der Waals surface area (Å²) in [5, 5.41) is 28.8. The monoisotopic (exact) mass is 427 g/mol. The van der Waals surface area contributed by atoms with Crippen molar-refractivity contribution in [2.45, 2.75) is 53.3 Å². The number of aryl methyl sites for hydroxylation is 1. The minimum Gasteiger partial charge on any atom is -0.507 e. The quantitative estimate of drug-likeness (QED) is 0.635. The fourth-order valence-corrected chi connectivity index (χ4v) is 3.12. The average molecular weight is 428 g/mol. The number of aromatic hydroxyl groups is 1. The van der Waals surface area contributed by atoms with Gasteiger partial charge < -0.3 is 15.1 Å². The summed E-state index contributed by atoms with van der Waals surface area (Å²) in [6.45, 7) is 11.1. The van der Waals surface area contributed by atoms with Gasteiger partial charge in [0, 0.05) is 18.0 Å². The number of phenolic OH excluding ortho intramolecular Hbond substituents is 1. The summed E-state index contributed by atoms with van der Waals surface area (Å²) >= 11 is 0. The van der Waals surface area contributed by atoms with Crippen LogP contribution >= 0.6 is 0 Å². The van der Waals surface area contributed by atoms with Gasteiger partial charge in [-0.25, -0.2) is 0 Å². The molecule has 1 aromatic heterocycles. The minimum absolute atomic E-state index is 0.0219. The molecule has 2 unspecified atom stereocenters. The lowest BCUT2D eigenvalue weighted by Gasteiger charge is -2.25. The van der Waals surface area contributed by atoms with Crippen LogP contribution in [0.2, 0.25) is 0 Å². The maximum absolute atomic E-state index is 12.9. The lowest BCUT2D eigenvalue weighted by atomic mass is 9.95. The lowest BCUT2D eigenvalue weighted by molar-refractivity contribution is -0.137. The molecular formula is C22H32F3N3O2. The predicted molar refractivity (Wildman–Crippen MR) is 112 cm³/mol. The van der Waals surface area contributed by atoms with E-state index in [9.17, 15) is 23.4 Å². The first-order chi connectivity index (χ1) is 14.1. The van der Waals surface area contributed by atoms with Crippen LogP contribution in [0.4, 0.5) is 13.2 Å². The van der Waals surface area contributed by atoms with E-state index in [2.05, 4.69) is 15.1 Å². The molecule has 0 aliphatic heterocycles. The van der Waals surface area contributed by atoms with Crippen LogP contribution in [0.5, 0.6) is 5.75 Å². The molecule has 1 aromatic carbocycles. The molecule has 2 N–H and O–H groups in total. The number of benzene rings is 1. The fraction of sp³-hybridized carbons (Fsp3) is 0.545. The van der Waals surface area contributed by atoms with Crippen LogP contribution in [0.1, 0.15) is 57.0 Å². The van der Waals surface area contributed by atoms with Crippen molar-refractivity contribution in [1.29, 1.82) is 0 Å². The van der Waals surface area contributed by atoms with Gasteiger partial charge >= 0.3 is 6.18 Å². The zero-order chi connectivity index (χ0) is 23.1. The van der Waals surface area contributed by atoms with Gasteiger partial charge in [0.25, 0.3) is 0 Å². The van der Waals surface area contributed by atoms with Gasteiger partial charge in [-0.1, -0.05) is 27.7 Å². The van der Waals surface area contributed by atoms with Crippen LogP contribution in [0.15, 0.2) is 24.3 Å². The molecule has 0 radical (unpaired) electrons. The van der Waals surface area contributed by atoms with Crippen LogP contribution in [-0.4, -0.2) is 45.4 Å². The SMILES string of the molecule is CC.CCC(CN(C)CC)C(O)c1ccc(-c2c(C)cc(C(F)(F)F)cc2O)nn1. The maximum atomic E-state index is 12.9. The van der Waals surface area contributed by atoms with E-state index >= 15 is 0 Å². The van der Waals surface area contributed by atoms with Crippen molar-refractivity contribution in [2.24, 2.45) is 5.92 Å². The first-order valence-electron chi connectivity index (χ1n) is 10.2. The second-order valence-electron chi connectivity index (χ2n) is 7.00. The fourth-order valence-electron chi connectivity index (χ4n) is 3.12. The summed E-state index contributed by atoms with van der Waals surface area (Å²) in [5.74, 6) is -0.530. The second kappa shape index (κ2) is 11.3. The minimum atomic E-state index is -4.54. The summed E-state index contributed by atoms with van der Waals surface area (Å²) in [6, 6.07) is 4.79. The number of alkyl halides is 3. The molecule has 168 valence electrons. The Kier molecular flexibility index (Phi) is 9.71. The van der Waals surface area contributed by atoms with E-state index in [0.29, 0.717) is 18.3 Å². The number of hydrogen-bond acceptors (Lipinski definition) is 5. The molecule has 5 nitrogen and oxygen atoms in total. The molecule has 1 heterocycles. The zero-order valence-electron chi connectivity index (χ0n) is 18.5. The second-order valence-corrected chi connectivity index (χ2v) is 7.00. The highest BCUT2D eigenvalue weighted by molar-refractivity contribution is 5.71. The van der Waals surface area contributed by atoms with E-state index in [1.807, 2.05) is 34.7 Å². The first kappa shape index (κ1) is 25.8. The lowest BCUT2D eigenvalue weighted by Crippen LogP contribution is -2.29. The average Bonchev–Trinajstić information content (AvgIpc) is 2.72. The number of aromatic nitrogens is 2. The van der Waals surface area contributed by atoms with Gasteiger partial charge in [-0.15, -0.1) is 0 Å². The molecule has 0 aliphatic carbocycles. The molecule has 2 rings (SSSR count). The Balaban J connectivity index is 0.00000218. The third-order valence-electron chi connectivity index (χ3n) is 4.94. The largest absolute Gasteiger partial charge is 0.507 e. The highest BCUT2D eigenvalue weighted by Gasteiger charge is 2.32. The summed E-state index contributed by atoms with van der Waals surface area (Å²) in [7, 11) is 1.97. The van der Waals surface area contributed by atoms with Gasteiger partial charge in [-0.3, -0.25) is 0 Å². The normalized spacial score (nSPS) is 13.6. The Bertz CT molecular complexity index is 772. The summed E-state index contributed by atoms with van der Waals surface area (Å²) in [4.78, 5) is 2.10. The topological polar surface area (TPSA) is 69.5 Å². The number of rotatable bonds is 7. The molecular weight excluding hydrogens is 395 g/mol. The smallest absolute Gasteiger partial charge is 0.416 e. The molecule has 30 heavy (non-hydrogen) atoms. The summed E-state index contributed by atoms with van der Waals surface area (Å²) in [6.07, 6.45) is -4.59. The molecule has 0 saturated carbocycles. The molecule has 0 bridgehead atoms. The summed E-state index contributed by atoms with van der Waals surface area (Å²) in [5.41, 5.74) is 0.157. The third kappa shape index (κ3) is 6.40. The van der Waals surface area contributed by atoms with Gasteiger partial charge in [0.2, 0.25) is 0 Å². The Morgan fingerprint density at radius 3 is 2.17 bits per heavy atom. The van der Waals surface area contributed by atoms with Crippen LogP contribution < -0.4 is 0 Å². The van der Waals surface area contributed by atoms with Gasteiger partial charge in [-0.05, 0) is 56.8 Å². The predicted octanol–water partition coefficient (Wildman–Crippen LogP) is 5.21. The van der Waals surface area contributed by atoms with E-state index in [-0.39, 0.29) is 22.7 Å². The van der Waals surface area contributed by atoms with Gasteiger partial charge in [-0.2, -0.15) is 23.4 Å². The molecule has 0 saturated heterocycles. The molecule has 0 fully saturated rings. The van der Waals surface area contributed by atoms with Crippen molar-refractivity contribution < 1.29 is 23.4 Å². The van der Waals surface area contributed by atoms with Crippen molar-refractivity contribution in [3.05, 3.63) is 41.1 Å². The Morgan fingerprint density at radius 1 is 1.10 bits per heavy atom. The Labute approximate surface area is 176 Å². The first-order valence-corrected chi connectivity index (χ1v) is 10.2. The number of hydrogen-bond donors (Lipinski definition) is 2. The molecule has 2 atom stereocenters. The van der Waals surface area contributed by atoms with Crippen LogP contribution in [0.25, 0.3) is 11.3 Å². The van der Waals surface area contributed by atoms with E-state index in [4.69, 9.17) is 0 Å². The molecule has 8 heteroatoms. The Hall–Kier alpha value is -2.19. The van der Waals surface area contributed by atoms with Crippen LogP contribution in [0, 0.1) is 12.8 Å². The standard InChI is InChI=1S/C20H26F3N3O2.C2H6/c1-5-13(11-26(4)6-2)19(28)16-8-7-15(24-25-16)18-12(3)9-14(10-17(18)27)20(21,22)23;1-2/h7-10,13,19,27-28H,5-6,11H2,1-4H3;1-2H3. The van der Waals surface area contributed by atoms with Gasteiger partial charge in [0.1, 0.15) is 11.9 Å². The highest BCUT2D eigenvalue weighted by atomic mass is 19.4. The van der Waals surface area contributed by atoms with E-state index in [1.165, 1.54) is 6.92 Å². The number of halogens is 3. The molecule has 0 spiro atoms. The highest BCUT2D eigenvalue weighted by Crippen LogP contribution is 2.38. The Morgan fingerprint density at radius 2 is 1.73 bits per heavy atom. The summed E-state index contributed by atoms with van der Waals surface area (Å²) < 4.78 is 38.6. The van der Waals surface area contributed by atoms with Gasteiger partial charge in [0.15, 0.2) is 0 Å². The van der Waals surface area contributed by atoms with Crippen molar-refractivity contribution >= 4 is 0 Å². The maximum Gasteiger partial charge on any atom is 0.416 e. The van der Waals surface area contributed by atoms with Crippen LogP contribution in [0.3, 0.4) is 0 Å². The van der Waals surface area contributed by atoms with Crippen molar-refractivity contribution in [3.8, 4) is 17.0 Å². The zero-order valence-corrected chi connectivity index (χ0v) is 18.5. The number of phenols is 1. The van der Waals surface area contributed by atoms with E-state index in [1.54, 1.807) is 12.1 Å². The van der Waals surface area contributed by atoms with E-state index in [0.717, 1.165) is 19.0 Å². The molecule has 2 aromatic rings. The number of nitrogens with zero attached hydrogens (tertiary/aromatic N) is 3. The van der Waals surface area contributed by atoms with Crippen molar-refractivity contribution in [3.63, 3.8) is 0 Å². The molecule has 0 aliphatic rings. The molecule has 0 amide bonds. The van der Waals surface area contributed by atoms with Crippen molar-refractivity contribution in [1.82, 2.24) is 15.1 Å². The van der Waals surface area contributed by atoms with E-state index < -0.39 is 23.6 Å². The number of aliphatic hydroxyl groups excluding tert-OH is 1. The number of aliphatic hydroxyl groups is 1.